The maximum Gasteiger partial charge on any atom is 0.262 e. The van der Waals surface area contributed by atoms with E-state index in [2.05, 4.69) is 4.72 Å². The molecule has 21 heavy (non-hydrogen) atoms. The summed E-state index contributed by atoms with van der Waals surface area (Å²) in [5, 5.41) is 0. The lowest BCUT2D eigenvalue weighted by atomic mass is 10.1. The summed E-state index contributed by atoms with van der Waals surface area (Å²) < 4.78 is 27.8. The Labute approximate surface area is 126 Å². The second kappa shape index (κ2) is 5.41. The van der Waals surface area contributed by atoms with E-state index < -0.39 is 10.0 Å². The number of nitrogens with one attached hydrogen (secondary N) is 1. The van der Waals surface area contributed by atoms with Crippen molar-refractivity contribution in [3.63, 3.8) is 0 Å². The second-order valence-corrected chi connectivity index (χ2v) is 7.05. The van der Waals surface area contributed by atoms with Crippen LogP contribution in [-0.2, 0) is 10.0 Å². The molecule has 0 unspecified atom stereocenters. The van der Waals surface area contributed by atoms with Crippen molar-refractivity contribution in [1.82, 2.24) is 0 Å². The second-order valence-electron chi connectivity index (χ2n) is 5.40. The quantitative estimate of drug-likeness (QED) is 0.855. The van der Waals surface area contributed by atoms with Gasteiger partial charge in [0, 0.05) is 5.69 Å². The fourth-order valence-electron chi connectivity index (χ4n) is 2.50. The molecule has 2 aromatic rings. The van der Waals surface area contributed by atoms with Crippen LogP contribution in [0.25, 0.3) is 0 Å². The number of nitrogen functional groups attached to an aromatic ring is 1. The van der Waals surface area contributed by atoms with Gasteiger partial charge in [-0.1, -0.05) is 17.7 Å². The Balaban J connectivity index is 2.47. The Morgan fingerprint density at radius 3 is 2.00 bits per heavy atom. The third-order valence-electron chi connectivity index (χ3n) is 3.40. The summed E-state index contributed by atoms with van der Waals surface area (Å²) >= 11 is 0. The zero-order valence-electron chi connectivity index (χ0n) is 12.7. The molecular weight excluding hydrogens is 284 g/mol. The zero-order chi connectivity index (χ0) is 15.8. The number of nitrogens with two attached hydrogens (primary N) is 1. The first-order chi connectivity index (χ1) is 9.70. The predicted octanol–water partition coefficient (Wildman–Crippen LogP) is 3.30. The lowest BCUT2D eigenvalue weighted by Gasteiger charge is -2.15. The van der Waals surface area contributed by atoms with Gasteiger partial charge >= 0.3 is 0 Å². The molecule has 0 aliphatic heterocycles. The van der Waals surface area contributed by atoms with Gasteiger partial charge in [0.2, 0.25) is 0 Å². The van der Waals surface area contributed by atoms with Crippen molar-refractivity contribution in [2.24, 2.45) is 0 Å². The molecule has 0 heterocycles. The third kappa shape index (κ3) is 3.19. The minimum atomic E-state index is -3.62. The molecule has 3 N–H and O–H groups in total. The summed E-state index contributed by atoms with van der Waals surface area (Å²) in [6, 6.07) is 8.70. The smallest absolute Gasteiger partial charge is 0.262 e. The topological polar surface area (TPSA) is 72.2 Å². The van der Waals surface area contributed by atoms with Crippen LogP contribution < -0.4 is 10.5 Å². The lowest BCUT2D eigenvalue weighted by molar-refractivity contribution is 0.600. The average Bonchev–Trinajstić information content (AvgIpc) is 2.33. The van der Waals surface area contributed by atoms with Crippen molar-refractivity contribution in [2.75, 3.05) is 10.5 Å². The van der Waals surface area contributed by atoms with Crippen LogP contribution in [0.15, 0.2) is 35.2 Å². The molecule has 0 aromatic heterocycles. The molecule has 2 aromatic carbocycles. The van der Waals surface area contributed by atoms with Crippen molar-refractivity contribution < 1.29 is 8.42 Å². The van der Waals surface area contributed by atoms with Crippen LogP contribution in [-0.4, -0.2) is 8.42 Å². The average molecular weight is 304 g/mol. The van der Waals surface area contributed by atoms with E-state index in [0.717, 1.165) is 16.7 Å². The minimum absolute atomic E-state index is 0.246. The van der Waals surface area contributed by atoms with Crippen LogP contribution in [0.5, 0.6) is 0 Å². The zero-order valence-corrected chi connectivity index (χ0v) is 13.5. The van der Waals surface area contributed by atoms with Gasteiger partial charge in [-0.05, 0) is 62.6 Å². The first-order valence-electron chi connectivity index (χ1n) is 6.67. The molecule has 0 atom stereocenters. The van der Waals surface area contributed by atoms with E-state index in [1.807, 2.05) is 32.9 Å². The molecule has 5 heteroatoms. The highest BCUT2D eigenvalue weighted by molar-refractivity contribution is 7.92. The first kappa shape index (κ1) is 15.4. The molecule has 0 radical (unpaired) electrons. The maximum atomic E-state index is 12.6. The summed E-state index contributed by atoms with van der Waals surface area (Å²) in [5.74, 6) is 0. The highest BCUT2D eigenvalue weighted by Crippen LogP contribution is 2.26. The number of aryl methyl sites for hydroxylation is 4. The number of hydrogen-bond donors (Lipinski definition) is 2. The van der Waals surface area contributed by atoms with Crippen molar-refractivity contribution >= 4 is 21.4 Å². The molecule has 0 amide bonds. The van der Waals surface area contributed by atoms with Gasteiger partial charge in [0.05, 0.1) is 10.6 Å². The Morgan fingerprint density at radius 1 is 0.905 bits per heavy atom. The number of benzene rings is 2. The van der Waals surface area contributed by atoms with E-state index in [9.17, 15) is 8.42 Å². The van der Waals surface area contributed by atoms with Crippen LogP contribution in [0, 0.1) is 27.7 Å². The summed E-state index contributed by atoms with van der Waals surface area (Å²) in [6.07, 6.45) is 0. The summed E-state index contributed by atoms with van der Waals surface area (Å²) in [5.41, 5.74) is 10.4. The van der Waals surface area contributed by atoms with Gasteiger partial charge in [-0.2, -0.15) is 0 Å². The highest BCUT2D eigenvalue weighted by Gasteiger charge is 2.19. The van der Waals surface area contributed by atoms with E-state index in [-0.39, 0.29) is 4.90 Å². The van der Waals surface area contributed by atoms with Gasteiger partial charge in [0.1, 0.15) is 0 Å². The van der Waals surface area contributed by atoms with Gasteiger partial charge in [-0.25, -0.2) is 8.42 Å². The van der Waals surface area contributed by atoms with Crippen molar-refractivity contribution in [2.45, 2.75) is 32.6 Å². The lowest BCUT2D eigenvalue weighted by Crippen LogP contribution is -2.16. The molecule has 0 fully saturated rings. The van der Waals surface area contributed by atoms with Gasteiger partial charge in [-0.15, -0.1) is 0 Å². The molecule has 0 saturated carbocycles. The predicted molar refractivity (Wildman–Crippen MR) is 87.1 cm³/mol. The van der Waals surface area contributed by atoms with Gasteiger partial charge in [-0.3, -0.25) is 4.72 Å². The molecule has 112 valence electrons. The number of sulfonamides is 1. The van der Waals surface area contributed by atoms with E-state index in [1.165, 1.54) is 6.07 Å². The van der Waals surface area contributed by atoms with Gasteiger partial charge in [0.15, 0.2) is 0 Å². The maximum absolute atomic E-state index is 12.6. The van der Waals surface area contributed by atoms with Crippen LogP contribution in [0.1, 0.15) is 22.3 Å². The highest BCUT2D eigenvalue weighted by atomic mass is 32.2. The molecule has 4 nitrogen and oxygen atoms in total. The Morgan fingerprint density at radius 2 is 1.48 bits per heavy atom. The molecule has 0 saturated heterocycles. The first-order valence-corrected chi connectivity index (χ1v) is 8.16. The Bertz CT molecular complexity index is 773. The molecule has 0 spiro atoms. The van der Waals surface area contributed by atoms with Crippen molar-refractivity contribution in [3.8, 4) is 0 Å². The fourth-order valence-corrected chi connectivity index (χ4v) is 3.94. The standard InChI is InChI=1S/C16H20N2O2S/c1-10-7-12(3)16(13(4)8-10)18-21(19,20)15-6-5-14(17)9-11(15)2/h5-9,18H,17H2,1-4H3. The van der Waals surface area contributed by atoms with E-state index in [4.69, 9.17) is 5.73 Å². The Hall–Kier alpha value is -2.01. The van der Waals surface area contributed by atoms with Gasteiger partial charge < -0.3 is 5.73 Å². The SMILES string of the molecule is Cc1cc(C)c(NS(=O)(=O)c2ccc(N)cc2C)c(C)c1. The molecule has 0 bridgehead atoms. The monoisotopic (exact) mass is 304 g/mol. The number of anilines is 2. The Kier molecular flexibility index (Phi) is 3.96. The summed E-state index contributed by atoms with van der Waals surface area (Å²) in [6.45, 7) is 7.52. The van der Waals surface area contributed by atoms with Crippen LogP contribution in [0.4, 0.5) is 11.4 Å². The van der Waals surface area contributed by atoms with E-state index >= 15 is 0 Å². The summed E-state index contributed by atoms with van der Waals surface area (Å²) in [4.78, 5) is 0.246. The third-order valence-corrected chi connectivity index (χ3v) is 4.91. The molecule has 2 rings (SSSR count). The fraction of sp³-hybridized carbons (Fsp3) is 0.250. The normalized spacial score (nSPS) is 11.4. The van der Waals surface area contributed by atoms with Crippen LogP contribution in [0.3, 0.4) is 0 Å². The molecular formula is C16H20N2O2S. The van der Waals surface area contributed by atoms with Gasteiger partial charge in [0.25, 0.3) is 10.0 Å². The number of rotatable bonds is 3. The van der Waals surface area contributed by atoms with E-state index in [1.54, 1.807) is 19.1 Å². The van der Waals surface area contributed by atoms with Crippen molar-refractivity contribution in [1.29, 1.82) is 0 Å². The largest absolute Gasteiger partial charge is 0.399 e. The summed E-state index contributed by atoms with van der Waals surface area (Å²) in [7, 11) is -3.62. The van der Waals surface area contributed by atoms with Crippen LogP contribution >= 0.6 is 0 Å². The molecule has 0 aliphatic carbocycles. The number of hydrogen-bond acceptors (Lipinski definition) is 3. The minimum Gasteiger partial charge on any atom is -0.399 e. The van der Waals surface area contributed by atoms with Crippen molar-refractivity contribution in [3.05, 3.63) is 52.6 Å². The van der Waals surface area contributed by atoms with E-state index in [0.29, 0.717) is 16.9 Å². The molecule has 0 aliphatic rings. The van der Waals surface area contributed by atoms with Crippen LogP contribution in [0.2, 0.25) is 0 Å².